The summed E-state index contributed by atoms with van der Waals surface area (Å²) < 4.78 is 0. The molecule has 0 saturated carbocycles. The number of carboxylic acid groups (broad SMARTS) is 1. The smallest absolute Gasteiger partial charge is 0.353 e. The summed E-state index contributed by atoms with van der Waals surface area (Å²) in [5.74, 6) is -2.21. The Morgan fingerprint density at radius 3 is 2.73 bits per heavy atom. The number of carboxylic acids is 1. The van der Waals surface area contributed by atoms with Crippen LogP contribution in [0.25, 0.3) is 5.57 Å². The van der Waals surface area contributed by atoms with Crippen molar-refractivity contribution < 1.29 is 24.3 Å². The first-order valence-corrected chi connectivity index (χ1v) is 12.0. The van der Waals surface area contributed by atoms with Gasteiger partial charge in [0.2, 0.25) is 5.13 Å². The van der Waals surface area contributed by atoms with Gasteiger partial charge in [-0.15, -0.1) is 33.3 Å². The van der Waals surface area contributed by atoms with Crippen LogP contribution in [0.5, 0.6) is 0 Å². The van der Waals surface area contributed by atoms with Crippen molar-refractivity contribution in [3.63, 3.8) is 0 Å². The third kappa shape index (κ3) is 4.11. The van der Waals surface area contributed by atoms with Crippen molar-refractivity contribution in [2.24, 2.45) is 5.16 Å². The molecule has 4 heterocycles. The van der Waals surface area contributed by atoms with Gasteiger partial charge < -0.3 is 25.9 Å². The molecule has 2 aromatic heterocycles. The largest absolute Gasteiger partial charge is 0.477 e. The molecular weight excluding hydrogens is 492 g/mol. The van der Waals surface area contributed by atoms with Gasteiger partial charge in [0.1, 0.15) is 34.9 Å². The van der Waals surface area contributed by atoms with Gasteiger partial charge in [-0.05, 0) is 0 Å². The van der Waals surface area contributed by atoms with E-state index in [0.717, 1.165) is 11.3 Å². The lowest BCUT2D eigenvalue weighted by Crippen LogP contribution is -2.71. The number of aliphatic carboxylic acids is 1. The summed E-state index contributed by atoms with van der Waals surface area (Å²) in [5.41, 5.74) is 5.94. The molecule has 13 nitrogen and oxygen atoms in total. The number of carbonyl (C=O) groups is 3. The summed E-state index contributed by atoms with van der Waals surface area (Å²) in [7, 11) is 4.88. The number of nitrogens with two attached hydrogens (primary N) is 1. The van der Waals surface area contributed by atoms with Gasteiger partial charge in [-0.1, -0.05) is 16.5 Å². The number of nitrogens with zero attached hydrogens (tertiary/aromatic N) is 6. The second-order valence-electron chi connectivity index (χ2n) is 6.97. The van der Waals surface area contributed by atoms with E-state index < -0.39 is 29.2 Å². The van der Waals surface area contributed by atoms with Gasteiger partial charge in [0.25, 0.3) is 11.8 Å². The third-order valence-corrected chi connectivity index (χ3v) is 7.78. The highest BCUT2D eigenvalue weighted by Crippen LogP contribution is 2.44. The molecule has 2 amide bonds. The van der Waals surface area contributed by atoms with E-state index in [0.29, 0.717) is 15.7 Å². The van der Waals surface area contributed by atoms with Crippen LogP contribution >= 0.6 is 34.4 Å². The van der Waals surface area contributed by atoms with Crippen molar-refractivity contribution in [3.05, 3.63) is 21.8 Å². The summed E-state index contributed by atoms with van der Waals surface area (Å²) in [6, 6.07) is -0.941. The quantitative estimate of drug-likeness (QED) is 0.257. The van der Waals surface area contributed by atoms with Gasteiger partial charge in [-0.25, -0.2) is 9.78 Å². The number of amides is 2. The average Bonchev–Trinajstić information content (AvgIpc) is 3.43. The highest BCUT2D eigenvalue weighted by atomic mass is 32.2. The Balaban J connectivity index is 1.57. The van der Waals surface area contributed by atoms with Crippen LogP contribution in [0.2, 0.25) is 0 Å². The van der Waals surface area contributed by atoms with E-state index in [1.54, 1.807) is 24.4 Å². The minimum atomic E-state index is -1.25. The summed E-state index contributed by atoms with van der Waals surface area (Å²) >= 11 is 3.68. The lowest BCUT2D eigenvalue weighted by molar-refractivity contribution is -0.149. The molecule has 1 saturated heterocycles. The summed E-state index contributed by atoms with van der Waals surface area (Å²) in [4.78, 5) is 49.5. The Morgan fingerprint density at radius 1 is 1.39 bits per heavy atom. The Bertz CT molecular complexity index is 1190. The fourth-order valence-corrected chi connectivity index (χ4v) is 6.00. The maximum atomic E-state index is 12.9. The zero-order valence-electron chi connectivity index (χ0n) is 17.5. The van der Waals surface area contributed by atoms with E-state index in [9.17, 15) is 19.5 Å². The Kier molecular flexibility index (Phi) is 6.22. The number of nitrogens with one attached hydrogen (secondary N) is 1. The molecule has 0 bridgehead atoms. The molecule has 0 aliphatic carbocycles. The van der Waals surface area contributed by atoms with Gasteiger partial charge >= 0.3 is 5.97 Å². The second kappa shape index (κ2) is 8.95. The second-order valence-corrected chi connectivity index (χ2v) is 9.92. The summed E-state index contributed by atoms with van der Waals surface area (Å²) in [6.07, 6.45) is 0. The molecule has 2 aliphatic rings. The molecule has 1 unspecified atom stereocenters. The molecule has 1 fully saturated rings. The maximum Gasteiger partial charge on any atom is 0.353 e. The summed E-state index contributed by atoms with van der Waals surface area (Å²) in [5, 5.41) is 26.5. The van der Waals surface area contributed by atoms with Crippen molar-refractivity contribution in [2.45, 2.75) is 11.4 Å². The van der Waals surface area contributed by atoms with Crippen LogP contribution < -0.4 is 16.0 Å². The van der Waals surface area contributed by atoms with E-state index >= 15 is 0 Å². The van der Waals surface area contributed by atoms with Gasteiger partial charge in [0.15, 0.2) is 10.8 Å². The van der Waals surface area contributed by atoms with Crippen LogP contribution in [0.3, 0.4) is 0 Å². The number of thiazole rings is 1. The number of anilines is 2. The minimum Gasteiger partial charge on any atom is -0.477 e. The maximum absolute atomic E-state index is 12.9. The molecule has 0 spiro atoms. The number of carbonyl (C=O) groups excluding carboxylic acids is 2. The van der Waals surface area contributed by atoms with Crippen molar-refractivity contribution in [2.75, 3.05) is 37.6 Å². The molecule has 4 rings (SSSR count). The monoisotopic (exact) mass is 510 g/mol. The number of hydrogen-bond acceptors (Lipinski definition) is 13. The Hall–Kier alpha value is -3.24. The zero-order chi connectivity index (χ0) is 23.9. The van der Waals surface area contributed by atoms with Crippen LogP contribution in [0.4, 0.5) is 10.3 Å². The first kappa shape index (κ1) is 22.9. The van der Waals surface area contributed by atoms with Crippen LogP contribution in [0.1, 0.15) is 10.7 Å². The topological polar surface area (TPSA) is 176 Å². The van der Waals surface area contributed by atoms with E-state index in [4.69, 9.17) is 10.6 Å². The fraction of sp³-hybridized carbons (Fsp3) is 0.353. The third-order valence-electron chi connectivity index (χ3n) is 4.67. The van der Waals surface area contributed by atoms with E-state index in [1.807, 2.05) is 0 Å². The lowest BCUT2D eigenvalue weighted by atomic mass is 10.0. The molecule has 33 heavy (non-hydrogen) atoms. The highest BCUT2D eigenvalue weighted by molar-refractivity contribution is 8.00. The lowest BCUT2D eigenvalue weighted by Gasteiger charge is -2.49. The number of oxime groups is 1. The highest BCUT2D eigenvalue weighted by Gasteiger charge is 2.55. The van der Waals surface area contributed by atoms with Crippen molar-refractivity contribution in [3.8, 4) is 0 Å². The van der Waals surface area contributed by atoms with Crippen molar-refractivity contribution in [1.82, 2.24) is 25.4 Å². The first-order valence-electron chi connectivity index (χ1n) is 9.28. The van der Waals surface area contributed by atoms with Crippen LogP contribution in [0, 0.1) is 0 Å². The van der Waals surface area contributed by atoms with Gasteiger partial charge in [0.05, 0.1) is 0 Å². The number of rotatable bonds is 7. The molecule has 16 heteroatoms. The SMILES string of the molecule is CO/N=C(\C(=O)NC1C(=O)N2C(C(=O)O)=C(c3nnc(N(C)C)s3)CS[C@H]12)c1csc(N)n1. The van der Waals surface area contributed by atoms with Gasteiger partial charge in [-0.2, -0.15) is 0 Å². The standard InChI is InChI=1S/C17H18N8O5S3/c1-24(2)17-22-21-12(33-17)6-4-31-14-9(13(27)25(14)10(6)15(28)29)20-11(26)8(23-30-3)7-5-32-16(18)19-7/h5,9,14H,4H2,1-3H3,(H2,18,19)(H,20,26)(H,28,29)/b23-8-/t9?,14-/m1/s1. The first-order chi connectivity index (χ1) is 15.7. The molecule has 0 aromatic carbocycles. The number of fused-ring (bicyclic) bond motifs is 1. The molecular formula is C17H18N8O5S3. The predicted molar refractivity (Wildman–Crippen MR) is 124 cm³/mol. The van der Waals surface area contributed by atoms with E-state index in [-0.39, 0.29) is 28.0 Å². The molecule has 2 atom stereocenters. The normalized spacial score (nSPS) is 20.3. The molecule has 4 N–H and O–H groups in total. The summed E-state index contributed by atoms with van der Waals surface area (Å²) in [6.45, 7) is 0. The van der Waals surface area contributed by atoms with Gasteiger partial charge in [0, 0.05) is 30.8 Å². The van der Waals surface area contributed by atoms with E-state index in [1.165, 1.54) is 35.1 Å². The number of hydrogen-bond donors (Lipinski definition) is 3. The Labute approximate surface area is 199 Å². The predicted octanol–water partition coefficient (Wildman–Crippen LogP) is -0.111. The Morgan fingerprint density at radius 2 is 2.15 bits per heavy atom. The number of nitrogen functional groups attached to an aromatic ring is 1. The molecule has 0 radical (unpaired) electrons. The number of thioether (sulfide) groups is 1. The van der Waals surface area contributed by atoms with Gasteiger partial charge in [-0.3, -0.25) is 14.5 Å². The number of β-lactam (4-membered cyclic amide) rings is 1. The fourth-order valence-electron chi connectivity index (χ4n) is 3.20. The van der Waals surface area contributed by atoms with E-state index in [2.05, 4.69) is 25.7 Å². The molecule has 2 aromatic rings. The molecule has 174 valence electrons. The molecule has 2 aliphatic heterocycles. The van der Waals surface area contributed by atoms with Crippen LogP contribution in [0.15, 0.2) is 16.2 Å². The zero-order valence-corrected chi connectivity index (χ0v) is 20.0. The van der Waals surface area contributed by atoms with Crippen molar-refractivity contribution >= 4 is 73.8 Å². The van der Waals surface area contributed by atoms with Crippen LogP contribution in [-0.2, 0) is 19.2 Å². The minimum absolute atomic E-state index is 0.141. The van der Waals surface area contributed by atoms with Crippen LogP contribution in [-0.4, -0.2) is 87.1 Å². The number of aromatic nitrogens is 3. The van der Waals surface area contributed by atoms with Crippen molar-refractivity contribution in [1.29, 1.82) is 0 Å². The average molecular weight is 511 g/mol.